The van der Waals surface area contributed by atoms with Gasteiger partial charge < -0.3 is 20.1 Å². The van der Waals surface area contributed by atoms with Crippen molar-refractivity contribution in [3.8, 4) is 5.88 Å². The largest absolute Gasteiger partial charge is 0.475 e. The van der Waals surface area contributed by atoms with E-state index in [2.05, 4.69) is 9.88 Å². The number of pyridine rings is 1. The van der Waals surface area contributed by atoms with Crippen molar-refractivity contribution in [2.75, 3.05) is 40.5 Å². The molecule has 0 fully saturated rings. The van der Waals surface area contributed by atoms with Gasteiger partial charge in [0.15, 0.2) is 0 Å². The van der Waals surface area contributed by atoms with E-state index in [-0.39, 0.29) is 0 Å². The summed E-state index contributed by atoms with van der Waals surface area (Å²) in [5, 5.41) is 0. The molecule has 5 heteroatoms. The van der Waals surface area contributed by atoms with Crippen LogP contribution in [0.2, 0.25) is 0 Å². The van der Waals surface area contributed by atoms with Gasteiger partial charge in [-0.25, -0.2) is 4.98 Å². The second kappa shape index (κ2) is 8.00. The van der Waals surface area contributed by atoms with Crippen molar-refractivity contribution in [2.24, 2.45) is 5.73 Å². The van der Waals surface area contributed by atoms with Crippen molar-refractivity contribution in [3.05, 3.63) is 23.9 Å². The van der Waals surface area contributed by atoms with E-state index in [4.69, 9.17) is 15.2 Å². The number of ether oxygens (including phenoxy) is 2. The summed E-state index contributed by atoms with van der Waals surface area (Å²) < 4.78 is 10.9. The first-order valence-corrected chi connectivity index (χ1v) is 5.72. The lowest BCUT2D eigenvalue weighted by Crippen LogP contribution is -2.19. The van der Waals surface area contributed by atoms with Crippen LogP contribution in [-0.4, -0.2) is 50.3 Å². The predicted octanol–water partition coefficient (Wildman–Crippen LogP) is 0.497. The van der Waals surface area contributed by atoms with Gasteiger partial charge in [0.25, 0.3) is 0 Å². The van der Waals surface area contributed by atoms with Crippen molar-refractivity contribution in [2.45, 2.75) is 6.54 Å². The summed E-state index contributed by atoms with van der Waals surface area (Å²) in [4.78, 5) is 6.17. The molecular formula is C12H21N3O2. The van der Waals surface area contributed by atoms with E-state index < -0.39 is 0 Å². The van der Waals surface area contributed by atoms with Crippen LogP contribution < -0.4 is 10.5 Å². The Labute approximate surface area is 103 Å². The normalized spacial score (nSPS) is 10.8. The number of nitrogens with two attached hydrogens (primary N) is 1. The van der Waals surface area contributed by atoms with Crippen molar-refractivity contribution in [3.63, 3.8) is 0 Å². The lowest BCUT2D eigenvalue weighted by atomic mass is 10.3. The Kier molecular flexibility index (Phi) is 6.54. The van der Waals surface area contributed by atoms with Gasteiger partial charge in [0.1, 0.15) is 6.61 Å². The Morgan fingerprint density at radius 2 is 2.12 bits per heavy atom. The Bertz CT molecular complexity index is 318. The van der Waals surface area contributed by atoms with Gasteiger partial charge in [-0.05, 0) is 25.7 Å². The maximum absolute atomic E-state index is 5.53. The summed E-state index contributed by atoms with van der Waals surface area (Å²) in [5.74, 6) is 0.601. The highest BCUT2D eigenvalue weighted by molar-refractivity contribution is 5.19. The molecule has 2 N–H and O–H groups in total. The molecule has 0 aromatic carbocycles. The van der Waals surface area contributed by atoms with Crippen LogP contribution in [0.5, 0.6) is 5.88 Å². The highest BCUT2D eigenvalue weighted by Crippen LogP contribution is 2.08. The highest BCUT2D eigenvalue weighted by Gasteiger charge is 1.97. The summed E-state index contributed by atoms with van der Waals surface area (Å²) in [7, 11) is 4.03. The van der Waals surface area contributed by atoms with Crippen molar-refractivity contribution in [1.29, 1.82) is 0 Å². The van der Waals surface area contributed by atoms with E-state index >= 15 is 0 Å². The quantitative estimate of drug-likeness (QED) is 0.669. The third-order valence-corrected chi connectivity index (χ3v) is 2.20. The molecule has 0 spiro atoms. The predicted molar refractivity (Wildman–Crippen MR) is 67.0 cm³/mol. The second-order valence-electron chi connectivity index (χ2n) is 3.97. The van der Waals surface area contributed by atoms with Crippen LogP contribution in [-0.2, 0) is 11.3 Å². The van der Waals surface area contributed by atoms with E-state index in [9.17, 15) is 0 Å². The standard InChI is InChI=1S/C12H21N3O2/c1-15(2)5-6-16-7-8-17-12-9-11(10-13)3-4-14-12/h3-4,9H,5-8,10,13H2,1-2H3. The van der Waals surface area contributed by atoms with Crippen LogP contribution in [0, 0.1) is 0 Å². The molecule has 0 unspecified atom stereocenters. The maximum Gasteiger partial charge on any atom is 0.213 e. The Hall–Kier alpha value is -1.17. The number of likely N-dealkylation sites (N-methyl/N-ethyl adjacent to an activating group) is 1. The molecule has 96 valence electrons. The molecule has 0 radical (unpaired) electrons. The minimum atomic E-state index is 0.498. The Morgan fingerprint density at radius 3 is 2.82 bits per heavy atom. The third-order valence-electron chi connectivity index (χ3n) is 2.20. The minimum Gasteiger partial charge on any atom is -0.475 e. The van der Waals surface area contributed by atoms with Crippen LogP contribution in [0.1, 0.15) is 5.56 Å². The topological polar surface area (TPSA) is 60.6 Å². The first-order chi connectivity index (χ1) is 8.22. The van der Waals surface area contributed by atoms with E-state index in [0.717, 1.165) is 12.1 Å². The van der Waals surface area contributed by atoms with Gasteiger partial charge in [0.05, 0.1) is 13.2 Å². The molecule has 0 amide bonds. The fraction of sp³-hybridized carbons (Fsp3) is 0.583. The Balaban J connectivity index is 2.13. The van der Waals surface area contributed by atoms with Crippen LogP contribution in [0.15, 0.2) is 18.3 Å². The summed E-state index contributed by atoms with van der Waals surface area (Å²) in [6.07, 6.45) is 1.70. The average molecular weight is 239 g/mol. The SMILES string of the molecule is CN(C)CCOCCOc1cc(CN)ccn1. The van der Waals surface area contributed by atoms with Crippen molar-refractivity contribution < 1.29 is 9.47 Å². The van der Waals surface area contributed by atoms with Gasteiger partial charge in [-0.1, -0.05) is 0 Å². The maximum atomic E-state index is 5.53. The summed E-state index contributed by atoms with van der Waals surface area (Å²) in [6, 6.07) is 3.72. The van der Waals surface area contributed by atoms with Gasteiger partial charge in [0, 0.05) is 25.4 Å². The minimum absolute atomic E-state index is 0.498. The zero-order chi connectivity index (χ0) is 12.5. The number of hydrogen-bond acceptors (Lipinski definition) is 5. The first-order valence-electron chi connectivity index (χ1n) is 5.72. The van der Waals surface area contributed by atoms with Crippen molar-refractivity contribution >= 4 is 0 Å². The molecule has 0 atom stereocenters. The molecule has 0 saturated carbocycles. The number of hydrogen-bond donors (Lipinski definition) is 1. The molecule has 0 saturated heterocycles. The number of aromatic nitrogens is 1. The lowest BCUT2D eigenvalue weighted by molar-refractivity contribution is 0.0876. The number of rotatable bonds is 8. The van der Waals surface area contributed by atoms with Gasteiger partial charge in [-0.3, -0.25) is 0 Å². The fourth-order valence-electron chi connectivity index (χ4n) is 1.21. The fourth-order valence-corrected chi connectivity index (χ4v) is 1.21. The van der Waals surface area contributed by atoms with E-state index in [1.807, 2.05) is 26.2 Å². The molecule has 5 nitrogen and oxygen atoms in total. The molecule has 0 aliphatic heterocycles. The zero-order valence-corrected chi connectivity index (χ0v) is 10.6. The zero-order valence-electron chi connectivity index (χ0n) is 10.6. The molecule has 0 bridgehead atoms. The highest BCUT2D eigenvalue weighted by atomic mass is 16.5. The lowest BCUT2D eigenvalue weighted by Gasteiger charge is -2.10. The summed E-state index contributed by atoms with van der Waals surface area (Å²) >= 11 is 0. The molecule has 0 aliphatic rings. The molecule has 1 heterocycles. The van der Waals surface area contributed by atoms with Crippen LogP contribution in [0.25, 0.3) is 0 Å². The summed E-state index contributed by atoms with van der Waals surface area (Å²) in [5.41, 5.74) is 6.55. The third kappa shape index (κ3) is 6.21. The number of nitrogens with zero attached hydrogens (tertiary/aromatic N) is 2. The molecular weight excluding hydrogens is 218 g/mol. The van der Waals surface area contributed by atoms with Gasteiger partial charge >= 0.3 is 0 Å². The first kappa shape index (κ1) is 13.9. The van der Waals surface area contributed by atoms with E-state index in [0.29, 0.717) is 32.2 Å². The van der Waals surface area contributed by atoms with Gasteiger partial charge in [0.2, 0.25) is 5.88 Å². The second-order valence-corrected chi connectivity index (χ2v) is 3.97. The van der Waals surface area contributed by atoms with Gasteiger partial charge in [-0.15, -0.1) is 0 Å². The smallest absolute Gasteiger partial charge is 0.213 e. The van der Waals surface area contributed by atoms with Crippen LogP contribution in [0.3, 0.4) is 0 Å². The van der Waals surface area contributed by atoms with Crippen LogP contribution >= 0.6 is 0 Å². The Morgan fingerprint density at radius 1 is 1.29 bits per heavy atom. The van der Waals surface area contributed by atoms with Gasteiger partial charge in [-0.2, -0.15) is 0 Å². The monoisotopic (exact) mass is 239 g/mol. The molecule has 1 rings (SSSR count). The van der Waals surface area contributed by atoms with E-state index in [1.54, 1.807) is 6.20 Å². The van der Waals surface area contributed by atoms with E-state index in [1.165, 1.54) is 0 Å². The average Bonchev–Trinajstić information content (AvgIpc) is 2.33. The summed E-state index contributed by atoms with van der Waals surface area (Å²) in [6.45, 7) is 3.21. The molecule has 17 heavy (non-hydrogen) atoms. The molecule has 1 aromatic rings. The van der Waals surface area contributed by atoms with Crippen molar-refractivity contribution in [1.82, 2.24) is 9.88 Å². The molecule has 1 aromatic heterocycles. The van der Waals surface area contributed by atoms with Crippen LogP contribution in [0.4, 0.5) is 0 Å². The molecule has 0 aliphatic carbocycles.